The van der Waals surface area contributed by atoms with Crippen LogP contribution < -0.4 is 0 Å². The number of hydrogen-bond acceptors (Lipinski definition) is 2. The molecule has 0 unspecified atom stereocenters. The first-order valence-electron chi connectivity index (χ1n) is 5.18. The van der Waals surface area contributed by atoms with Crippen LogP contribution in [0.15, 0.2) is 60.7 Å². The quantitative estimate of drug-likeness (QED) is 0.660. The molecular weight excluding hydrogens is 287 g/mol. The van der Waals surface area contributed by atoms with Crippen LogP contribution in [0.2, 0.25) is 0 Å². The van der Waals surface area contributed by atoms with Gasteiger partial charge in [0.25, 0.3) is 0 Å². The topological polar surface area (TPSA) is 34.1 Å². The van der Waals surface area contributed by atoms with Gasteiger partial charge in [0, 0.05) is 11.1 Å². The van der Waals surface area contributed by atoms with Crippen LogP contribution in [0.1, 0.15) is 20.7 Å². The van der Waals surface area contributed by atoms with Crippen LogP contribution >= 0.6 is 25.3 Å². The van der Waals surface area contributed by atoms with E-state index in [1.165, 1.54) is 0 Å². The van der Waals surface area contributed by atoms with Gasteiger partial charge in [0.15, 0.2) is 0 Å². The van der Waals surface area contributed by atoms with Crippen molar-refractivity contribution in [3.63, 3.8) is 0 Å². The average molecular weight is 300 g/mol. The summed E-state index contributed by atoms with van der Waals surface area (Å²) in [6, 6.07) is 17.9. The zero-order valence-corrected chi connectivity index (χ0v) is 11.3. The van der Waals surface area contributed by atoms with Gasteiger partial charge in [-0.15, -0.1) is 25.3 Å². The molecule has 0 bridgehead atoms. The fourth-order valence-corrected chi connectivity index (χ4v) is 1.46. The summed E-state index contributed by atoms with van der Waals surface area (Å²) < 4.78 is 0. The van der Waals surface area contributed by atoms with Gasteiger partial charge < -0.3 is 0 Å². The van der Waals surface area contributed by atoms with Crippen LogP contribution in [0.25, 0.3) is 0 Å². The Kier molecular flexibility index (Phi) is 10.0. The van der Waals surface area contributed by atoms with E-state index in [1.54, 1.807) is 24.3 Å². The number of thiol groups is 2. The van der Waals surface area contributed by atoms with Crippen molar-refractivity contribution in [2.45, 2.75) is 0 Å². The van der Waals surface area contributed by atoms with Gasteiger partial charge in [-0.3, -0.25) is 9.59 Å². The molecule has 5 heteroatoms. The van der Waals surface area contributed by atoms with Crippen LogP contribution in [0.5, 0.6) is 0 Å². The number of rotatable bonds is 2. The molecule has 0 N–H and O–H groups in total. The van der Waals surface area contributed by atoms with E-state index in [9.17, 15) is 9.59 Å². The van der Waals surface area contributed by atoms with Crippen molar-refractivity contribution in [3.05, 3.63) is 71.8 Å². The summed E-state index contributed by atoms with van der Waals surface area (Å²) in [5, 5.41) is -0.369. The van der Waals surface area contributed by atoms with E-state index < -0.39 is 0 Å². The third kappa shape index (κ3) is 7.60. The zero-order chi connectivity index (χ0) is 13.4. The minimum absolute atomic E-state index is 0. The van der Waals surface area contributed by atoms with E-state index in [0.29, 0.717) is 11.1 Å². The van der Waals surface area contributed by atoms with Crippen molar-refractivity contribution in [1.82, 2.24) is 0 Å². The van der Waals surface area contributed by atoms with Crippen molar-refractivity contribution < 1.29 is 9.59 Å². The first-order chi connectivity index (χ1) is 8.61. The molecule has 2 aromatic rings. The summed E-state index contributed by atoms with van der Waals surface area (Å²) in [7, 11) is 0. The van der Waals surface area contributed by atoms with Crippen LogP contribution in [-0.4, -0.2) is 39.8 Å². The standard InChI is InChI=1S/2C7H6OS.Na.H/c2*8-7(9)6-4-2-1-3-5-6;;/h2*1-5H,(H,8,9);;. The molecule has 0 saturated carbocycles. The van der Waals surface area contributed by atoms with Crippen molar-refractivity contribution in [2.75, 3.05) is 0 Å². The summed E-state index contributed by atoms with van der Waals surface area (Å²) in [5.74, 6) is 0. The monoisotopic (exact) mass is 300 g/mol. The summed E-state index contributed by atoms with van der Waals surface area (Å²) >= 11 is 7.30. The van der Waals surface area contributed by atoms with Gasteiger partial charge in [-0.1, -0.05) is 60.7 Å². The van der Waals surface area contributed by atoms with Crippen LogP contribution in [0, 0.1) is 0 Å². The van der Waals surface area contributed by atoms with Crippen LogP contribution in [-0.2, 0) is 0 Å². The molecule has 0 saturated heterocycles. The molecule has 0 radical (unpaired) electrons. The molecule has 0 amide bonds. The molecule has 0 aliphatic carbocycles. The second kappa shape index (κ2) is 10.3. The average Bonchev–Trinajstić information content (AvgIpc) is 2.41. The van der Waals surface area contributed by atoms with Gasteiger partial charge in [0.05, 0.1) is 0 Å². The van der Waals surface area contributed by atoms with Gasteiger partial charge in [-0.05, 0) is 0 Å². The van der Waals surface area contributed by atoms with Gasteiger partial charge in [0.1, 0.15) is 0 Å². The molecule has 19 heavy (non-hydrogen) atoms. The van der Waals surface area contributed by atoms with E-state index >= 15 is 0 Å². The van der Waals surface area contributed by atoms with Crippen molar-refractivity contribution in [3.8, 4) is 0 Å². The van der Waals surface area contributed by atoms with Crippen LogP contribution in [0.3, 0.4) is 0 Å². The van der Waals surface area contributed by atoms with Crippen molar-refractivity contribution in [1.29, 1.82) is 0 Å². The summed E-state index contributed by atoms with van der Waals surface area (Å²) in [5.41, 5.74) is 1.28. The molecule has 2 nitrogen and oxygen atoms in total. The minimum atomic E-state index is -0.185. The Labute approximate surface area is 145 Å². The molecule has 0 fully saturated rings. The summed E-state index contributed by atoms with van der Waals surface area (Å²) in [6.07, 6.45) is 0. The zero-order valence-electron chi connectivity index (χ0n) is 9.48. The Morgan fingerprint density at radius 1 is 0.632 bits per heavy atom. The van der Waals surface area contributed by atoms with E-state index in [0.717, 1.165) is 0 Å². The number of hydrogen-bond donors (Lipinski definition) is 2. The van der Waals surface area contributed by atoms with Crippen LogP contribution in [0.4, 0.5) is 0 Å². The number of carbonyl (C=O) groups is 2. The Morgan fingerprint density at radius 2 is 0.895 bits per heavy atom. The van der Waals surface area contributed by atoms with Gasteiger partial charge in [0.2, 0.25) is 10.2 Å². The van der Waals surface area contributed by atoms with E-state index in [1.807, 2.05) is 36.4 Å². The molecule has 2 aromatic carbocycles. The fourth-order valence-electron chi connectivity index (χ4n) is 1.16. The van der Waals surface area contributed by atoms with Crippen molar-refractivity contribution >= 4 is 65.0 Å². The maximum absolute atomic E-state index is 10.5. The molecule has 0 heterocycles. The Hall–Kier alpha value is -0.520. The van der Waals surface area contributed by atoms with Gasteiger partial charge >= 0.3 is 29.6 Å². The third-order valence-corrected chi connectivity index (χ3v) is 2.56. The fraction of sp³-hybridized carbons (Fsp3) is 0. The molecule has 0 aliphatic heterocycles. The van der Waals surface area contributed by atoms with Gasteiger partial charge in [-0.2, -0.15) is 0 Å². The summed E-state index contributed by atoms with van der Waals surface area (Å²) in [4.78, 5) is 21.0. The third-order valence-electron chi connectivity index (χ3n) is 2.04. The van der Waals surface area contributed by atoms with E-state index in [4.69, 9.17) is 0 Å². The molecule has 94 valence electrons. The molecule has 0 atom stereocenters. The Bertz CT molecular complexity index is 466. The molecule has 0 spiro atoms. The summed E-state index contributed by atoms with van der Waals surface area (Å²) in [6.45, 7) is 0. The number of carbonyl (C=O) groups excluding carboxylic acids is 2. The molecule has 0 aromatic heterocycles. The molecular formula is C14H13NaO2S2. The Balaban J connectivity index is 0.000000324. The Morgan fingerprint density at radius 3 is 1.05 bits per heavy atom. The predicted molar refractivity (Wildman–Crippen MR) is 86.7 cm³/mol. The molecule has 0 aliphatic rings. The SMILES string of the molecule is O=C(S)c1ccccc1.O=C(S)c1ccccc1.[NaH]. The normalized spacial score (nSPS) is 8.53. The van der Waals surface area contributed by atoms with Gasteiger partial charge in [-0.25, -0.2) is 0 Å². The maximum atomic E-state index is 10.5. The number of benzene rings is 2. The first-order valence-corrected chi connectivity index (χ1v) is 6.07. The second-order valence-corrected chi connectivity index (χ2v) is 4.15. The van der Waals surface area contributed by atoms with E-state index in [2.05, 4.69) is 25.3 Å². The first kappa shape index (κ1) is 18.5. The molecule has 2 rings (SSSR count). The van der Waals surface area contributed by atoms with Crippen molar-refractivity contribution in [2.24, 2.45) is 0 Å². The second-order valence-electron chi connectivity index (χ2n) is 3.34. The predicted octanol–water partition coefficient (Wildman–Crippen LogP) is 2.86. The van der Waals surface area contributed by atoms with E-state index in [-0.39, 0.29) is 39.8 Å².